The van der Waals surface area contributed by atoms with Crippen molar-refractivity contribution < 1.29 is 9.53 Å². The molecule has 1 aromatic carbocycles. The van der Waals surface area contributed by atoms with Crippen LogP contribution >= 0.6 is 0 Å². The molecule has 1 aromatic heterocycles. The van der Waals surface area contributed by atoms with Crippen molar-refractivity contribution in [3.05, 3.63) is 48.2 Å². The molecule has 1 heterocycles. The van der Waals surface area contributed by atoms with Crippen molar-refractivity contribution >= 4 is 23.3 Å². The van der Waals surface area contributed by atoms with Crippen LogP contribution in [0.1, 0.15) is 12.5 Å². The standard InChI is InChI=1S/C15H14N4O2/c1-2-21-15(20)19-13-6-7-14(17-10-13)18-12-5-3-4-11(8-12)9-16/h3-8,10H,2H2,1H3,(H,17,18)(H,19,20). The van der Waals surface area contributed by atoms with Gasteiger partial charge in [0, 0.05) is 5.69 Å². The highest BCUT2D eigenvalue weighted by Gasteiger charge is 2.03. The van der Waals surface area contributed by atoms with E-state index in [2.05, 4.69) is 21.7 Å². The first-order chi connectivity index (χ1) is 10.2. The van der Waals surface area contributed by atoms with Crippen LogP contribution in [0.5, 0.6) is 0 Å². The Kier molecular flexibility index (Phi) is 4.72. The van der Waals surface area contributed by atoms with E-state index in [1.165, 1.54) is 6.20 Å². The lowest BCUT2D eigenvalue weighted by molar-refractivity contribution is 0.168. The molecule has 0 aliphatic heterocycles. The number of nitrogens with one attached hydrogen (secondary N) is 2. The van der Waals surface area contributed by atoms with E-state index < -0.39 is 6.09 Å². The molecule has 0 aliphatic rings. The lowest BCUT2D eigenvalue weighted by atomic mass is 10.2. The number of nitriles is 1. The predicted octanol–water partition coefficient (Wildman–Crippen LogP) is 3.27. The quantitative estimate of drug-likeness (QED) is 0.898. The molecule has 2 N–H and O–H groups in total. The number of amides is 1. The fourth-order valence-electron chi connectivity index (χ4n) is 1.64. The number of ether oxygens (including phenoxy) is 1. The van der Waals surface area contributed by atoms with Crippen LogP contribution in [0.2, 0.25) is 0 Å². The van der Waals surface area contributed by atoms with Crippen LogP contribution in [0.4, 0.5) is 22.0 Å². The first kappa shape index (κ1) is 14.3. The fourth-order valence-corrected chi connectivity index (χ4v) is 1.64. The summed E-state index contributed by atoms with van der Waals surface area (Å²) in [4.78, 5) is 15.4. The molecule has 0 bridgehead atoms. The number of nitrogens with zero attached hydrogens (tertiary/aromatic N) is 2. The summed E-state index contributed by atoms with van der Waals surface area (Å²) in [7, 11) is 0. The summed E-state index contributed by atoms with van der Waals surface area (Å²) in [5.41, 5.74) is 1.89. The molecule has 6 heteroatoms. The largest absolute Gasteiger partial charge is 0.450 e. The van der Waals surface area contributed by atoms with Crippen LogP contribution in [-0.2, 0) is 4.74 Å². The van der Waals surface area contributed by atoms with Crippen molar-refractivity contribution in [1.29, 1.82) is 5.26 Å². The highest BCUT2D eigenvalue weighted by molar-refractivity contribution is 5.84. The number of hydrogen-bond acceptors (Lipinski definition) is 5. The molecule has 0 atom stereocenters. The summed E-state index contributed by atoms with van der Waals surface area (Å²) in [6.45, 7) is 2.05. The molecule has 0 unspecified atom stereocenters. The van der Waals surface area contributed by atoms with E-state index in [0.29, 0.717) is 23.7 Å². The van der Waals surface area contributed by atoms with Gasteiger partial charge in [-0.05, 0) is 37.3 Å². The Balaban J connectivity index is 2.02. The van der Waals surface area contributed by atoms with Gasteiger partial charge in [-0.15, -0.1) is 0 Å². The van der Waals surface area contributed by atoms with Gasteiger partial charge in [0.2, 0.25) is 0 Å². The van der Waals surface area contributed by atoms with Crippen molar-refractivity contribution in [2.45, 2.75) is 6.92 Å². The van der Waals surface area contributed by atoms with Crippen LogP contribution < -0.4 is 10.6 Å². The van der Waals surface area contributed by atoms with Crippen LogP contribution in [0.3, 0.4) is 0 Å². The molecule has 1 amide bonds. The topological polar surface area (TPSA) is 87.0 Å². The zero-order valence-corrected chi connectivity index (χ0v) is 11.5. The van der Waals surface area contributed by atoms with E-state index in [1.807, 2.05) is 6.07 Å². The molecular formula is C15H14N4O2. The molecule has 106 valence electrons. The predicted molar refractivity (Wildman–Crippen MR) is 79.3 cm³/mol. The van der Waals surface area contributed by atoms with E-state index in [4.69, 9.17) is 10.00 Å². The number of pyridine rings is 1. The number of rotatable bonds is 4. The zero-order valence-electron chi connectivity index (χ0n) is 11.5. The fraction of sp³-hybridized carbons (Fsp3) is 0.133. The van der Waals surface area contributed by atoms with E-state index in [-0.39, 0.29) is 0 Å². The lowest BCUT2D eigenvalue weighted by Crippen LogP contribution is -2.13. The average molecular weight is 282 g/mol. The van der Waals surface area contributed by atoms with Gasteiger partial charge in [0.1, 0.15) is 5.82 Å². The smallest absolute Gasteiger partial charge is 0.411 e. The Bertz CT molecular complexity index is 662. The number of hydrogen-bond donors (Lipinski definition) is 2. The van der Waals surface area contributed by atoms with Gasteiger partial charge in [-0.2, -0.15) is 5.26 Å². The molecule has 0 fully saturated rings. The Morgan fingerprint density at radius 3 is 2.86 bits per heavy atom. The summed E-state index contributed by atoms with van der Waals surface area (Å²) in [6.07, 6.45) is 1.01. The monoisotopic (exact) mass is 282 g/mol. The third kappa shape index (κ3) is 4.21. The summed E-state index contributed by atoms with van der Waals surface area (Å²) < 4.78 is 4.77. The van der Waals surface area contributed by atoms with E-state index in [0.717, 1.165) is 5.69 Å². The second kappa shape index (κ2) is 6.91. The van der Waals surface area contributed by atoms with Crippen molar-refractivity contribution in [2.24, 2.45) is 0 Å². The molecule has 0 aliphatic carbocycles. The van der Waals surface area contributed by atoms with Crippen LogP contribution in [-0.4, -0.2) is 17.7 Å². The van der Waals surface area contributed by atoms with E-state index >= 15 is 0 Å². The van der Waals surface area contributed by atoms with Crippen molar-refractivity contribution in [1.82, 2.24) is 4.98 Å². The van der Waals surface area contributed by atoms with Crippen LogP contribution in [0, 0.1) is 11.3 Å². The summed E-state index contributed by atoms with van der Waals surface area (Å²) in [5, 5.41) is 14.5. The molecule has 2 aromatic rings. The normalized spacial score (nSPS) is 9.52. The first-order valence-electron chi connectivity index (χ1n) is 6.38. The van der Waals surface area contributed by atoms with Gasteiger partial charge in [-0.3, -0.25) is 5.32 Å². The van der Waals surface area contributed by atoms with Crippen molar-refractivity contribution in [3.63, 3.8) is 0 Å². The third-order valence-corrected chi connectivity index (χ3v) is 2.55. The summed E-state index contributed by atoms with van der Waals surface area (Å²) in [6, 6.07) is 12.6. The van der Waals surface area contributed by atoms with Crippen LogP contribution in [0.25, 0.3) is 0 Å². The summed E-state index contributed by atoms with van der Waals surface area (Å²) in [5.74, 6) is 0.611. The molecular weight excluding hydrogens is 268 g/mol. The Morgan fingerprint density at radius 2 is 2.19 bits per heavy atom. The highest BCUT2D eigenvalue weighted by atomic mass is 16.5. The second-order valence-corrected chi connectivity index (χ2v) is 4.10. The second-order valence-electron chi connectivity index (χ2n) is 4.10. The maximum absolute atomic E-state index is 11.3. The molecule has 0 saturated heterocycles. The Morgan fingerprint density at radius 1 is 1.33 bits per heavy atom. The molecule has 6 nitrogen and oxygen atoms in total. The van der Waals surface area contributed by atoms with Gasteiger partial charge in [0.05, 0.1) is 30.1 Å². The number of carbonyl (C=O) groups excluding carboxylic acids is 1. The third-order valence-electron chi connectivity index (χ3n) is 2.55. The molecule has 0 spiro atoms. The SMILES string of the molecule is CCOC(=O)Nc1ccc(Nc2cccc(C#N)c2)nc1. The van der Waals surface area contributed by atoms with Gasteiger partial charge in [-0.1, -0.05) is 6.07 Å². The number of carbonyl (C=O) groups is 1. The Labute approximate surface area is 122 Å². The number of anilines is 3. The number of aromatic nitrogens is 1. The average Bonchev–Trinajstić information content (AvgIpc) is 2.50. The first-order valence-corrected chi connectivity index (χ1v) is 6.38. The van der Waals surface area contributed by atoms with Gasteiger partial charge in [0.15, 0.2) is 0 Å². The number of benzene rings is 1. The Hall–Kier alpha value is -3.07. The van der Waals surface area contributed by atoms with Gasteiger partial charge >= 0.3 is 6.09 Å². The van der Waals surface area contributed by atoms with Gasteiger partial charge < -0.3 is 10.1 Å². The molecule has 0 saturated carbocycles. The maximum Gasteiger partial charge on any atom is 0.411 e. The van der Waals surface area contributed by atoms with E-state index in [9.17, 15) is 4.79 Å². The minimum absolute atomic E-state index is 0.314. The molecule has 2 rings (SSSR count). The van der Waals surface area contributed by atoms with Crippen molar-refractivity contribution in [2.75, 3.05) is 17.2 Å². The summed E-state index contributed by atoms with van der Waals surface area (Å²) >= 11 is 0. The zero-order chi connectivity index (χ0) is 15.1. The highest BCUT2D eigenvalue weighted by Crippen LogP contribution is 2.17. The minimum Gasteiger partial charge on any atom is -0.450 e. The van der Waals surface area contributed by atoms with Gasteiger partial charge in [0.25, 0.3) is 0 Å². The van der Waals surface area contributed by atoms with E-state index in [1.54, 1.807) is 37.3 Å². The molecule has 21 heavy (non-hydrogen) atoms. The van der Waals surface area contributed by atoms with Gasteiger partial charge in [-0.25, -0.2) is 9.78 Å². The minimum atomic E-state index is -0.512. The maximum atomic E-state index is 11.3. The lowest BCUT2D eigenvalue weighted by Gasteiger charge is -2.08. The molecule has 0 radical (unpaired) electrons. The van der Waals surface area contributed by atoms with Crippen molar-refractivity contribution in [3.8, 4) is 6.07 Å². The van der Waals surface area contributed by atoms with Crippen LogP contribution in [0.15, 0.2) is 42.6 Å².